The number of hydrogen-bond acceptors (Lipinski definition) is 4. The molecule has 0 unspecified atom stereocenters. The van der Waals surface area contributed by atoms with Crippen molar-refractivity contribution in [3.05, 3.63) is 52.5 Å². The third-order valence-corrected chi connectivity index (χ3v) is 4.26. The Balaban J connectivity index is 1.55. The maximum atomic E-state index is 12.2. The van der Waals surface area contributed by atoms with Crippen LogP contribution in [-0.2, 0) is 11.3 Å². The summed E-state index contributed by atoms with van der Waals surface area (Å²) in [5, 5.41) is 6.73. The molecule has 2 N–H and O–H groups in total. The van der Waals surface area contributed by atoms with Gasteiger partial charge in [0.15, 0.2) is 11.5 Å². The van der Waals surface area contributed by atoms with E-state index in [0.717, 1.165) is 22.6 Å². The van der Waals surface area contributed by atoms with Crippen LogP contribution >= 0.6 is 11.6 Å². The van der Waals surface area contributed by atoms with Gasteiger partial charge in [-0.2, -0.15) is 0 Å². The summed E-state index contributed by atoms with van der Waals surface area (Å²) in [6.07, 6.45) is 0. The lowest BCUT2D eigenvalue weighted by atomic mass is 10.2. The first-order valence-electron chi connectivity index (χ1n) is 7.72. The van der Waals surface area contributed by atoms with E-state index in [-0.39, 0.29) is 18.7 Å². The molecular weight excluding hydrogens is 328 g/mol. The zero-order chi connectivity index (χ0) is 17.1. The van der Waals surface area contributed by atoms with Crippen LogP contribution in [0.15, 0.2) is 36.4 Å². The first-order chi connectivity index (χ1) is 11.5. The van der Waals surface area contributed by atoms with Crippen LogP contribution in [0.2, 0.25) is 5.02 Å². The molecule has 1 amide bonds. The van der Waals surface area contributed by atoms with Crippen LogP contribution in [-0.4, -0.2) is 18.7 Å². The smallest absolute Gasteiger partial charge is 0.242 e. The standard InChI is InChI=1S/C18H19ClN2O3/c1-11-3-5-14(8-15(11)19)21-12(2)18(22)20-9-13-4-6-16-17(7-13)24-10-23-16/h3-8,12,21H,9-10H2,1-2H3,(H,20,22)/t12-/m0/s1. The Kier molecular flexibility index (Phi) is 4.81. The molecule has 0 fully saturated rings. The van der Waals surface area contributed by atoms with Crippen LogP contribution in [0, 0.1) is 6.92 Å². The molecular formula is C18H19ClN2O3. The number of carbonyl (C=O) groups is 1. The summed E-state index contributed by atoms with van der Waals surface area (Å²) in [6, 6.07) is 10.9. The van der Waals surface area contributed by atoms with Crippen LogP contribution in [0.1, 0.15) is 18.1 Å². The number of halogens is 1. The predicted octanol–water partition coefficient (Wildman–Crippen LogP) is 3.49. The summed E-state index contributed by atoms with van der Waals surface area (Å²) >= 11 is 6.10. The third-order valence-electron chi connectivity index (χ3n) is 3.85. The van der Waals surface area contributed by atoms with Crippen molar-refractivity contribution in [1.29, 1.82) is 0 Å². The summed E-state index contributed by atoms with van der Waals surface area (Å²) in [6.45, 7) is 4.41. The number of hydrogen-bond donors (Lipinski definition) is 2. The van der Waals surface area contributed by atoms with Gasteiger partial charge in [0.25, 0.3) is 0 Å². The molecule has 6 heteroatoms. The highest BCUT2D eigenvalue weighted by atomic mass is 35.5. The Hall–Kier alpha value is -2.40. The highest BCUT2D eigenvalue weighted by Gasteiger charge is 2.15. The number of carbonyl (C=O) groups excluding carboxylic acids is 1. The molecule has 1 atom stereocenters. The largest absolute Gasteiger partial charge is 0.454 e. The molecule has 0 spiro atoms. The lowest BCUT2D eigenvalue weighted by Crippen LogP contribution is -2.37. The van der Waals surface area contributed by atoms with E-state index >= 15 is 0 Å². The second kappa shape index (κ2) is 7.01. The highest BCUT2D eigenvalue weighted by Crippen LogP contribution is 2.32. The van der Waals surface area contributed by atoms with E-state index in [2.05, 4.69) is 10.6 Å². The van der Waals surface area contributed by atoms with Gasteiger partial charge < -0.3 is 20.1 Å². The van der Waals surface area contributed by atoms with Crippen molar-refractivity contribution in [1.82, 2.24) is 5.32 Å². The van der Waals surface area contributed by atoms with Crippen molar-refractivity contribution >= 4 is 23.2 Å². The highest BCUT2D eigenvalue weighted by molar-refractivity contribution is 6.31. The summed E-state index contributed by atoms with van der Waals surface area (Å²) in [5.74, 6) is 1.35. The molecule has 126 valence electrons. The molecule has 2 aromatic rings. The van der Waals surface area contributed by atoms with E-state index in [4.69, 9.17) is 21.1 Å². The van der Waals surface area contributed by atoms with E-state index in [1.807, 2.05) is 50.2 Å². The summed E-state index contributed by atoms with van der Waals surface area (Å²) < 4.78 is 10.6. The number of rotatable bonds is 5. The van der Waals surface area contributed by atoms with Crippen molar-refractivity contribution in [2.24, 2.45) is 0 Å². The average Bonchev–Trinajstić information content (AvgIpc) is 3.03. The number of fused-ring (bicyclic) bond motifs is 1. The van der Waals surface area contributed by atoms with E-state index in [0.29, 0.717) is 17.3 Å². The molecule has 0 bridgehead atoms. The summed E-state index contributed by atoms with van der Waals surface area (Å²) in [5.41, 5.74) is 2.77. The number of anilines is 1. The third kappa shape index (κ3) is 3.74. The Morgan fingerprint density at radius 2 is 2.00 bits per heavy atom. The molecule has 0 aromatic heterocycles. The van der Waals surface area contributed by atoms with Crippen molar-refractivity contribution in [3.63, 3.8) is 0 Å². The number of aryl methyl sites for hydroxylation is 1. The quantitative estimate of drug-likeness (QED) is 0.870. The predicted molar refractivity (Wildman–Crippen MR) is 93.7 cm³/mol. The van der Waals surface area contributed by atoms with Crippen LogP contribution in [0.5, 0.6) is 11.5 Å². The lowest BCUT2D eigenvalue weighted by molar-refractivity contribution is -0.121. The molecule has 24 heavy (non-hydrogen) atoms. The van der Waals surface area contributed by atoms with Crippen molar-refractivity contribution < 1.29 is 14.3 Å². The molecule has 0 saturated carbocycles. The van der Waals surface area contributed by atoms with Crippen molar-refractivity contribution in [3.8, 4) is 11.5 Å². The fourth-order valence-electron chi connectivity index (χ4n) is 2.39. The Morgan fingerprint density at radius 1 is 1.21 bits per heavy atom. The van der Waals surface area contributed by atoms with Gasteiger partial charge >= 0.3 is 0 Å². The topological polar surface area (TPSA) is 59.6 Å². The molecule has 3 rings (SSSR count). The molecule has 5 nitrogen and oxygen atoms in total. The van der Waals surface area contributed by atoms with Crippen molar-refractivity contribution in [2.45, 2.75) is 26.4 Å². The van der Waals surface area contributed by atoms with Gasteiger partial charge in [-0.3, -0.25) is 4.79 Å². The van der Waals surface area contributed by atoms with Crippen LogP contribution < -0.4 is 20.1 Å². The maximum absolute atomic E-state index is 12.2. The first-order valence-corrected chi connectivity index (χ1v) is 8.09. The minimum atomic E-state index is -0.377. The normalized spacial score (nSPS) is 13.5. The van der Waals surface area contributed by atoms with Crippen LogP contribution in [0.25, 0.3) is 0 Å². The minimum Gasteiger partial charge on any atom is -0.454 e. The second-order valence-electron chi connectivity index (χ2n) is 5.74. The molecule has 0 saturated heterocycles. The SMILES string of the molecule is Cc1ccc(N[C@@H](C)C(=O)NCc2ccc3c(c2)OCO3)cc1Cl. The van der Waals surface area contributed by atoms with Gasteiger partial charge in [-0.15, -0.1) is 0 Å². The Labute approximate surface area is 145 Å². The van der Waals surface area contributed by atoms with Gasteiger partial charge in [-0.25, -0.2) is 0 Å². The van der Waals surface area contributed by atoms with Crippen LogP contribution in [0.4, 0.5) is 5.69 Å². The van der Waals surface area contributed by atoms with Crippen molar-refractivity contribution in [2.75, 3.05) is 12.1 Å². The fourth-order valence-corrected chi connectivity index (χ4v) is 2.57. The molecule has 1 aliphatic rings. The monoisotopic (exact) mass is 346 g/mol. The van der Waals surface area contributed by atoms with Gasteiger partial charge in [0.1, 0.15) is 6.04 Å². The summed E-state index contributed by atoms with van der Waals surface area (Å²) in [7, 11) is 0. The average molecular weight is 347 g/mol. The minimum absolute atomic E-state index is 0.0932. The van der Waals surface area contributed by atoms with Gasteiger partial charge in [0.05, 0.1) is 0 Å². The fraction of sp³-hybridized carbons (Fsp3) is 0.278. The number of nitrogens with one attached hydrogen (secondary N) is 2. The Morgan fingerprint density at radius 3 is 2.79 bits per heavy atom. The van der Waals surface area contributed by atoms with Gasteiger partial charge in [0.2, 0.25) is 12.7 Å². The number of ether oxygens (including phenoxy) is 2. The number of amides is 1. The molecule has 2 aromatic carbocycles. The maximum Gasteiger partial charge on any atom is 0.242 e. The molecule has 0 aliphatic carbocycles. The zero-order valence-corrected chi connectivity index (χ0v) is 14.3. The Bertz CT molecular complexity index is 764. The second-order valence-corrected chi connectivity index (χ2v) is 6.14. The van der Waals surface area contributed by atoms with Crippen LogP contribution in [0.3, 0.4) is 0 Å². The van der Waals surface area contributed by atoms with E-state index < -0.39 is 0 Å². The van der Waals surface area contributed by atoms with E-state index in [1.54, 1.807) is 0 Å². The summed E-state index contributed by atoms with van der Waals surface area (Å²) in [4.78, 5) is 12.2. The zero-order valence-electron chi connectivity index (χ0n) is 13.6. The van der Waals surface area contributed by atoms with Gasteiger partial charge in [-0.1, -0.05) is 23.7 Å². The van der Waals surface area contributed by atoms with Gasteiger partial charge in [0, 0.05) is 17.3 Å². The molecule has 0 radical (unpaired) electrons. The number of benzene rings is 2. The van der Waals surface area contributed by atoms with E-state index in [9.17, 15) is 4.79 Å². The molecule has 1 aliphatic heterocycles. The lowest BCUT2D eigenvalue weighted by Gasteiger charge is -2.16. The van der Waals surface area contributed by atoms with E-state index in [1.165, 1.54) is 0 Å². The first kappa shape index (κ1) is 16.5. The molecule has 1 heterocycles. The van der Waals surface area contributed by atoms with Gasteiger partial charge in [-0.05, 0) is 49.2 Å².